The Balaban J connectivity index is 1.37. The summed E-state index contributed by atoms with van der Waals surface area (Å²) in [4.78, 5) is 21.3. The van der Waals surface area contributed by atoms with E-state index < -0.39 is 0 Å². The third-order valence-electron chi connectivity index (χ3n) is 5.51. The van der Waals surface area contributed by atoms with Crippen LogP contribution in [-0.4, -0.2) is 42.0 Å². The van der Waals surface area contributed by atoms with E-state index in [1.165, 1.54) is 31.4 Å². The van der Waals surface area contributed by atoms with Gasteiger partial charge in [0.05, 0.1) is 5.56 Å². The van der Waals surface area contributed by atoms with E-state index in [0.29, 0.717) is 5.56 Å². The Bertz CT molecular complexity index is 745. The van der Waals surface area contributed by atoms with E-state index in [4.69, 9.17) is 0 Å². The highest BCUT2D eigenvalue weighted by atomic mass is 16.2. The number of benzene rings is 1. The van der Waals surface area contributed by atoms with Crippen molar-refractivity contribution in [3.63, 3.8) is 0 Å². The summed E-state index contributed by atoms with van der Waals surface area (Å²) in [5, 5.41) is 3.33. The molecule has 0 saturated carbocycles. The van der Waals surface area contributed by atoms with Crippen molar-refractivity contribution in [1.82, 2.24) is 9.88 Å². The Morgan fingerprint density at radius 2 is 1.48 bits per heavy atom. The molecule has 2 aliphatic heterocycles. The first-order chi connectivity index (χ1) is 13.3. The van der Waals surface area contributed by atoms with E-state index in [2.05, 4.69) is 39.5 Å². The highest BCUT2D eigenvalue weighted by Gasteiger charge is 2.18. The second-order valence-corrected chi connectivity index (χ2v) is 7.50. The Hall–Kier alpha value is -2.56. The Morgan fingerprint density at radius 1 is 0.815 bits per heavy atom. The maximum absolute atomic E-state index is 12.5. The summed E-state index contributed by atoms with van der Waals surface area (Å²) in [5.41, 5.74) is 2.97. The maximum Gasteiger partial charge on any atom is 0.255 e. The van der Waals surface area contributed by atoms with Gasteiger partial charge in [-0.05, 0) is 74.9 Å². The molecular formula is C22H28N4O. The molecule has 0 atom stereocenters. The zero-order chi connectivity index (χ0) is 18.5. The van der Waals surface area contributed by atoms with E-state index >= 15 is 0 Å². The number of aromatic nitrogens is 1. The molecule has 0 aliphatic carbocycles. The topological polar surface area (TPSA) is 48.5 Å². The number of hydrogen-bond acceptors (Lipinski definition) is 4. The number of carbonyl (C=O) groups excluding carboxylic acids is 1. The fourth-order valence-corrected chi connectivity index (χ4v) is 3.93. The third-order valence-corrected chi connectivity index (χ3v) is 5.51. The molecule has 2 saturated heterocycles. The standard InChI is InChI=1S/C22H28N4O/c27-22(26-15-5-2-6-16-26)18-7-12-21(23-17-18)24-19-8-10-20(11-9-19)25-13-3-1-4-14-25/h7-12,17H,1-6,13-16H2,(H,23,24). The van der Waals surface area contributed by atoms with E-state index in [1.807, 2.05) is 17.0 Å². The molecule has 0 radical (unpaired) electrons. The second-order valence-electron chi connectivity index (χ2n) is 7.50. The first-order valence-corrected chi connectivity index (χ1v) is 10.2. The fourth-order valence-electron chi connectivity index (χ4n) is 3.93. The van der Waals surface area contributed by atoms with Crippen LogP contribution >= 0.6 is 0 Å². The van der Waals surface area contributed by atoms with Crippen molar-refractivity contribution in [2.75, 3.05) is 36.4 Å². The number of rotatable bonds is 4. The molecule has 5 heteroatoms. The van der Waals surface area contributed by atoms with E-state index in [0.717, 1.165) is 50.5 Å². The number of amides is 1. The Labute approximate surface area is 161 Å². The molecule has 0 spiro atoms. The molecule has 27 heavy (non-hydrogen) atoms. The van der Waals surface area contributed by atoms with Crippen molar-refractivity contribution in [3.8, 4) is 0 Å². The van der Waals surface area contributed by atoms with Crippen LogP contribution in [0, 0.1) is 0 Å². The molecule has 3 heterocycles. The van der Waals surface area contributed by atoms with Gasteiger partial charge < -0.3 is 15.1 Å². The predicted octanol–water partition coefficient (Wildman–Crippen LogP) is 4.44. The smallest absolute Gasteiger partial charge is 0.255 e. The van der Waals surface area contributed by atoms with Crippen LogP contribution in [0.1, 0.15) is 48.9 Å². The van der Waals surface area contributed by atoms with Gasteiger partial charge in [0.2, 0.25) is 0 Å². The maximum atomic E-state index is 12.5. The first kappa shape index (κ1) is 17.8. The van der Waals surface area contributed by atoms with Crippen molar-refractivity contribution in [1.29, 1.82) is 0 Å². The zero-order valence-corrected chi connectivity index (χ0v) is 15.9. The van der Waals surface area contributed by atoms with Gasteiger partial charge in [-0.15, -0.1) is 0 Å². The largest absolute Gasteiger partial charge is 0.372 e. The fraction of sp³-hybridized carbons (Fsp3) is 0.455. The summed E-state index contributed by atoms with van der Waals surface area (Å²) in [5.74, 6) is 0.857. The number of nitrogens with zero attached hydrogens (tertiary/aromatic N) is 3. The molecule has 0 bridgehead atoms. The first-order valence-electron chi connectivity index (χ1n) is 10.2. The molecule has 4 rings (SSSR count). The van der Waals surface area contributed by atoms with Crippen LogP contribution in [0.5, 0.6) is 0 Å². The van der Waals surface area contributed by atoms with Crippen LogP contribution < -0.4 is 10.2 Å². The van der Waals surface area contributed by atoms with Crippen LogP contribution in [0.2, 0.25) is 0 Å². The average Bonchev–Trinajstić information content (AvgIpc) is 2.76. The van der Waals surface area contributed by atoms with Crippen LogP contribution in [0.3, 0.4) is 0 Å². The van der Waals surface area contributed by atoms with Crippen LogP contribution in [-0.2, 0) is 0 Å². The zero-order valence-electron chi connectivity index (χ0n) is 15.9. The summed E-state index contributed by atoms with van der Waals surface area (Å²) in [6.07, 6.45) is 9.03. The van der Waals surface area contributed by atoms with Gasteiger partial charge in [-0.2, -0.15) is 0 Å². The molecule has 1 amide bonds. The quantitative estimate of drug-likeness (QED) is 0.871. The SMILES string of the molecule is O=C(c1ccc(Nc2ccc(N3CCCCC3)cc2)nc1)N1CCCCC1. The molecule has 1 aromatic heterocycles. The molecular weight excluding hydrogens is 336 g/mol. The van der Waals surface area contributed by atoms with Gasteiger partial charge in [0.15, 0.2) is 0 Å². The minimum absolute atomic E-state index is 0.0969. The van der Waals surface area contributed by atoms with Crippen LogP contribution in [0.15, 0.2) is 42.6 Å². The molecule has 2 fully saturated rings. The number of carbonyl (C=O) groups is 1. The number of nitrogens with one attached hydrogen (secondary N) is 1. The summed E-state index contributed by atoms with van der Waals surface area (Å²) >= 11 is 0. The Morgan fingerprint density at radius 3 is 2.11 bits per heavy atom. The molecule has 1 aromatic carbocycles. The van der Waals surface area contributed by atoms with E-state index in [1.54, 1.807) is 6.20 Å². The summed E-state index contributed by atoms with van der Waals surface area (Å²) in [6, 6.07) is 12.3. The van der Waals surface area contributed by atoms with Crippen molar-refractivity contribution >= 4 is 23.1 Å². The van der Waals surface area contributed by atoms with Gasteiger partial charge in [-0.3, -0.25) is 4.79 Å². The monoisotopic (exact) mass is 364 g/mol. The number of likely N-dealkylation sites (tertiary alicyclic amines) is 1. The number of piperidine rings is 2. The minimum atomic E-state index is 0.0969. The van der Waals surface area contributed by atoms with Crippen LogP contribution in [0.4, 0.5) is 17.2 Å². The lowest BCUT2D eigenvalue weighted by Gasteiger charge is -2.28. The van der Waals surface area contributed by atoms with Crippen LogP contribution in [0.25, 0.3) is 0 Å². The predicted molar refractivity (Wildman–Crippen MR) is 110 cm³/mol. The molecule has 0 unspecified atom stereocenters. The number of anilines is 3. The van der Waals surface area contributed by atoms with E-state index in [-0.39, 0.29) is 5.91 Å². The summed E-state index contributed by atoms with van der Waals surface area (Å²) < 4.78 is 0. The lowest BCUT2D eigenvalue weighted by Crippen LogP contribution is -2.35. The lowest BCUT2D eigenvalue weighted by molar-refractivity contribution is 0.0724. The van der Waals surface area contributed by atoms with Crippen molar-refractivity contribution in [3.05, 3.63) is 48.2 Å². The summed E-state index contributed by atoms with van der Waals surface area (Å²) in [6.45, 7) is 4.03. The normalized spacial score (nSPS) is 17.6. The average molecular weight is 364 g/mol. The van der Waals surface area contributed by atoms with Gasteiger partial charge in [0.25, 0.3) is 5.91 Å². The summed E-state index contributed by atoms with van der Waals surface area (Å²) in [7, 11) is 0. The number of pyridine rings is 1. The highest BCUT2D eigenvalue weighted by Crippen LogP contribution is 2.23. The minimum Gasteiger partial charge on any atom is -0.372 e. The molecule has 5 nitrogen and oxygen atoms in total. The third kappa shape index (κ3) is 4.41. The van der Waals surface area contributed by atoms with Gasteiger partial charge in [-0.25, -0.2) is 4.98 Å². The molecule has 1 N–H and O–H groups in total. The second kappa shape index (κ2) is 8.42. The van der Waals surface area contributed by atoms with Crippen molar-refractivity contribution in [2.45, 2.75) is 38.5 Å². The highest BCUT2D eigenvalue weighted by molar-refractivity contribution is 5.94. The molecule has 2 aliphatic rings. The molecule has 2 aromatic rings. The van der Waals surface area contributed by atoms with Crippen molar-refractivity contribution in [2.24, 2.45) is 0 Å². The lowest BCUT2D eigenvalue weighted by atomic mass is 10.1. The van der Waals surface area contributed by atoms with Gasteiger partial charge >= 0.3 is 0 Å². The van der Waals surface area contributed by atoms with E-state index in [9.17, 15) is 4.79 Å². The van der Waals surface area contributed by atoms with Gasteiger partial charge in [-0.1, -0.05) is 0 Å². The van der Waals surface area contributed by atoms with Gasteiger partial charge in [0.1, 0.15) is 5.82 Å². The molecule has 142 valence electrons. The number of hydrogen-bond donors (Lipinski definition) is 1. The van der Waals surface area contributed by atoms with Gasteiger partial charge in [0, 0.05) is 43.8 Å². The Kier molecular flexibility index (Phi) is 5.56. The van der Waals surface area contributed by atoms with Crippen molar-refractivity contribution < 1.29 is 4.79 Å².